The van der Waals surface area contributed by atoms with Crippen LogP contribution in [0.25, 0.3) is 11.0 Å². The molecule has 0 amide bonds. The zero-order valence-corrected chi connectivity index (χ0v) is 9.30. The SMILES string of the molecule is N#Cc1cccc2[nH]c(C(F)(F)S(=O)(=O)F)nc12. The number of benzene rings is 1. The van der Waals surface area contributed by atoms with Crippen LogP contribution < -0.4 is 0 Å². The third kappa shape index (κ3) is 1.70. The molecule has 0 aliphatic rings. The number of alkyl halides is 2. The van der Waals surface area contributed by atoms with Gasteiger partial charge in [0, 0.05) is 0 Å². The summed E-state index contributed by atoms with van der Waals surface area (Å²) in [6, 6.07) is 5.72. The smallest absolute Gasteiger partial charge is 0.336 e. The molecular formula is C9H4F3N3O2S. The number of nitrogens with one attached hydrogen (secondary N) is 1. The minimum absolute atomic E-state index is 0.0207. The summed E-state index contributed by atoms with van der Waals surface area (Å²) in [5.41, 5.74) is -0.146. The van der Waals surface area contributed by atoms with Gasteiger partial charge in [0.1, 0.15) is 11.6 Å². The van der Waals surface area contributed by atoms with E-state index in [1.165, 1.54) is 18.2 Å². The van der Waals surface area contributed by atoms with Gasteiger partial charge in [0.25, 0.3) is 0 Å². The fourth-order valence-corrected chi connectivity index (χ4v) is 1.70. The molecule has 2 aromatic rings. The molecule has 1 N–H and O–H groups in total. The molecule has 0 atom stereocenters. The molecule has 1 aromatic heterocycles. The van der Waals surface area contributed by atoms with Crippen LogP contribution in [0, 0.1) is 11.3 Å². The Morgan fingerprint density at radius 1 is 1.39 bits per heavy atom. The molecule has 0 fully saturated rings. The Labute approximate surface area is 99.1 Å². The maximum Gasteiger partial charge on any atom is 0.430 e. The van der Waals surface area contributed by atoms with Crippen molar-refractivity contribution in [2.24, 2.45) is 0 Å². The number of H-pyrrole nitrogens is 1. The van der Waals surface area contributed by atoms with E-state index in [-0.39, 0.29) is 16.6 Å². The Hall–Kier alpha value is -2.08. The number of fused-ring (bicyclic) bond motifs is 1. The largest absolute Gasteiger partial charge is 0.430 e. The average Bonchev–Trinajstić information content (AvgIpc) is 2.71. The van der Waals surface area contributed by atoms with E-state index in [0.717, 1.165) is 0 Å². The van der Waals surface area contributed by atoms with Crippen molar-refractivity contribution < 1.29 is 21.1 Å². The quantitative estimate of drug-likeness (QED) is 0.846. The van der Waals surface area contributed by atoms with Gasteiger partial charge in [0.15, 0.2) is 5.82 Å². The number of imidazole rings is 1. The summed E-state index contributed by atoms with van der Waals surface area (Å²) in [7, 11) is -6.13. The number of hydrogen-bond acceptors (Lipinski definition) is 4. The summed E-state index contributed by atoms with van der Waals surface area (Å²) >= 11 is 0. The number of rotatable bonds is 2. The molecule has 0 saturated carbocycles. The van der Waals surface area contributed by atoms with E-state index in [0.29, 0.717) is 0 Å². The molecule has 0 aliphatic heterocycles. The van der Waals surface area contributed by atoms with Crippen LogP contribution >= 0.6 is 0 Å². The molecule has 1 heterocycles. The molecule has 2 rings (SSSR count). The fourth-order valence-electron chi connectivity index (χ4n) is 1.38. The molecule has 0 unspecified atom stereocenters. The first-order valence-electron chi connectivity index (χ1n) is 4.48. The highest BCUT2D eigenvalue weighted by molar-refractivity contribution is 7.87. The van der Waals surface area contributed by atoms with E-state index >= 15 is 0 Å². The molecule has 0 bridgehead atoms. The molecule has 18 heavy (non-hydrogen) atoms. The monoisotopic (exact) mass is 275 g/mol. The molecule has 0 spiro atoms. The molecule has 94 valence electrons. The van der Waals surface area contributed by atoms with Gasteiger partial charge in [-0.25, -0.2) is 4.98 Å². The summed E-state index contributed by atoms with van der Waals surface area (Å²) in [6.45, 7) is 0. The van der Waals surface area contributed by atoms with Gasteiger partial charge >= 0.3 is 15.5 Å². The van der Waals surface area contributed by atoms with Gasteiger partial charge in [0.2, 0.25) is 0 Å². The van der Waals surface area contributed by atoms with Crippen molar-refractivity contribution >= 4 is 21.3 Å². The van der Waals surface area contributed by atoms with E-state index in [1.807, 2.05) is 4.98 Å². The second-order valence-corrected chi connectivity index (χ2v) is 4.74. The van der Waals surface area contributed by atoms with Crippen molar-refractivity contribution in [1.82, 2.24) is 9.97 Å². The van der Waals surface area contributed by atoms with Crippen LogP contribution in [0.3, 0.4) is 0 Å². The van der Waals surface area contributed by atoms with Crippen LogP contribution in [-0.4, -0.2) is 18.4 Å². The summed E-state index contributed by atoms with van der Waals surface area (Å²) in [6.07, 6.45) is 0. The lowest BCUT2D eigenvalue weighted by molar-refractivity contribution is 0.0755. The van der Waals surface area contributed by atoms with Crippen molar-refractivity contribution in [2.45, 2.75) is 5.25 Å². The second kappa shape index (κ2) is 3.71. The maximum atomic E-state index is 13.2. The van der Waals surface area contributed by atoms with Crippen LogP contribution in [0.15, 0.2) is 18.2 Å². The Morgan fingerprint density at radius 2 is 2.06 bits per heavy atom. The molecule has 0 saturated heterocycles. The minimum atomic E-state index is -6.13. The summed E-state index contributed by atoms with van der Waals surface area (Å²) in [4.78, 5) is 5.26. The number of nitrogens with zero attached hydrogens (tertiary/aromatic N) is 2. The first-order chi connectivity index (χ1) is 8.27. The van der Waals surface area contributed by atoms with Crippen LogP contribution in [0.4, 0.5) is 12.7 Å². The van der Waals surface area contributed by atoms with Crippen molar-refractivity contribution in [2.75, 3.05) is 0 Å². The molecule has 9 heteroatoms. The van der Waals surface area contributed by atoms with Gasteiger partial charge in [-0.1, -0.05) is 9.95 Å². The minimum Gasteiger partial charge on any atom is -0.336 e. The normalized spacial score (nSPS) is 12.6. The predicted octanol–water partition coefficient (Wildman–Crippen LogP) is 1.78. The maximum absolute atomic E-state index is 13.2. The summed E-state index contributed by atoms with van der Waals surface area (Å²) in [5, 5.41) is 3.94. The first kappa shape index (κ1) is 12.4. The summed E-state index contributed by atoms with van der Waals surface area (Å²) < 4.78 is 59.5. The topological polar surface area (TPSA) is 86.6 Å². The first-order valence-corrected chi connectivity index (χ1v) is 5.87. The highest BCUT2D eigenvalue weighted by Crippen LogP contribution is 2.34. The van der Waals surface area contributed by atoms with Gasteiger partial charge in [0.05, 0.1) is 11.1 Å². The average molecular weight is 275 g/mol. The molecule has 5 nitrogen and oxygen atoms in total. The molecular weight excluding hydrogens is 271 g/mol. The predicted molar refractivity (Wildman–Crippen MR) is 54.7 cm³/mol. The fraction of sp³-hybridized carbons (Fsp3) is 0.111. The van der Waals surface area contributed by atoms with Crippen molar-refractivity contribution in [3.63, 3.8) is 0 Å². The zero-order valence-electron chi connectivity index (χ0n) is 8.49. The lowest BCUT2D eigenvalue weighted by Crippen LogP contribution is -2.23. The number of nitriles is 1. The van der Waals surface area contributed by atoms with E-state index < -0.39 is 21.3 Å². The number of halogens is 3. The summed E-state index contributed by atoms with van der Waals surface area (Å²) in [5.74, 6) is -1.36. The Bertz CT molecular complexity index is 761. The van der Waals surface area contributed by atoms with Gasteiger partial charge in [-0.3, -0.25) is 0 Å². The lowest BCUT2D eigenvalue weighted by Gasteiger charge is -2.06. The van der Waals surface area contributed by atoms with Crippen LogP contribution in [0.2, 0.25) is 0 Å². The van der Waals surface area contributed by atoms with Gasteiger partial charge in [-0.05, 0) is 12.1 Å². The molecule has 1 aromatic carbocycles. The van der Waals surface area contributed by atoms with E-state index in [2.05, 4.69) is 4.98 Å². The zero-order chi connectivity index (χ0) is 13.6. The van der Waals surface area contributed by atoms with E-state index in [1.54, 1.807) is 6.07 Å². The van der Waals surface area contributed by atoms with Crippen molar-refractivity contribution in [1.29, 1.82) is 5.26 Å². The highest BCUT2D eigenvalue weighted by atomic mass is 32.3. The number of aromatic amines is 1. The van der Waals surface area contributed by atoms with Gasteiger partial charge in [-0.15, -0.1) is 0 Å². The molecule has 0 radical (unpaired) electrons. The van der Waals surface area contributed by atoms with Crippen molar-refractivity contribution in [3.05, 3.63) is 29.6 Å². The Kier molecular flexibility index (Phi) is 2.55. The standard InChI is InChI=1S/C9H4F3N3O2S/c10-9(11,18(12,16)17)8-14-6-3-1-2-5(4-13)7(6)15-8/h1-3H,(H,14,15). The Morgan fingerprint density at radius 3 is 2.61 bits per heavy atom. The number of para-hydroxylation sites is 1. The van der Waals surface area contributed by atoms with Crippen LogP contribution in [-0.2, 0) is 15.5 Å². The second-order valence-electron chi connectivity index (χ2n) is 3.35. The van der Waals surface area contributed by atoms with E-state index in [9.17, 15) is 21.1 Å². The highest BCUT2D eigenvalue weighted by Gasteiger charge is 2.50. The Balaban J connectivity index is 2.74. The van der Waals surface area contributed by atoms with Gasteiger partial charge < -0.3 is 4.98 Å². The van der Waals surface area contributed by atoms with Crippen molar-refractivity contribution in [3.8, 4) is 6.07 Å². The van der Waals surface area contributed by atoms with Crippen LogP contribution in [0.1, 0.15) is 11.4 Å². The van der Waals surface area contributed by atoms with Gasteiger partial charge in [-0.2, -0.15) is 22.5 Å². The van der Waals surface area contributed by atoms with E-state index in [4.69, 9.17) is 5.26 Å². The lowest BCUT2D eigenvalue weighted by atomic mass is 10.2. The van der Waals surface area contributed by atoms with Crippen LogP contribution in [0.5, 0.6) is 0 Å². The third-order valence-corrected chi connectivity index (χ3v) is 3.02. The number of hydrogen-bond donors (Lipinski definition) is 1. The third-order valence-electron chi connectivity index (χ3n) is 2.22. The molecule has 0 aliphatic carbocycles. The number of aromatic nitrogens is 2.